The summed E-state index contributed by atoms with van der Waals surface area (Å²) in [6, 6.07) is 5.52. The van der Waals surface area contributed by atoms with Crippen LogP contribution < -0.4 is 10.6 Å². The Morgan fingerprint density at radius 3 is 3.00 bits per heavy atom. The number of rotatable bonds is 7. The number of ether oxygens (including phenoxy) is 1. The number of carbonyl (C=O) groups excluding carboxylic acids is 1. The molecule has 1 amide bonds. The number of carbonyl (C=O) groups is 1. The zero-order chi connectivity index (χ0) is 14.7. The van der Waals surface area contributed by atoms with Crippen LogP contribution in [0.25, 0.3) is 11.1 Å². The lowest BCUT2D eigenvalue weighted by Gasteiger charge is -2.06. The van der Waals surface area contributed by atoms with E-state index in [0.29, 0.717) is 19.1 Å². The van der Waals surface area contributed by atoms with Crippen molar-refractivity contribution >= 4 is 35.1 Å². The number of anilines is 1. The normalized spacial score (nSPS) is 13.9. The van der Waals surface area contributed by atoms with E-state index in [-0.39, 0.29) is 24.9 Å². The van der Waals surface area contributed by atoms with Crippen LogP contribution >= 0.6 is 12.4 Å². The Balaban J connectivity index is 0.00000176. The minimum atomic E-state index is -0.0867. The van der Waals surface area contributed by atoms with Crippen LogP contribution in [0.2, 0.25) is 0 Å². The SMILES string of the molecule is COCCNCC(=O)Nc1ccc2oc(C3CC3)nc2c1.Cl. The number of amides is 1. The van der Waals surface area contributed by atoms with Gasteiger partial charge in [0.15, 0.2) is 11.5 Å². The van der Waals surface area contributed by atoms with E-state index in [1.165, 1.54) is 0 Å². The summed E-state index contributed by atoms with van der Waals surface area (Å²) in [5.41, 5.74) is 2.30. The number of benzene rings is 1. The number of hydrogen-bond donors (Lipinski definition) is 2. The molecule has 0 atom stereocenters. The molecular weight excluding hydrogens is 306 g/mol. The van der Waals surface area contributed by atoms with Crippen molar-refractivity contribution < 1.29 is 13.9 Å². The van der Waals surface area contributed by atoms with Crippen molar-refractivity contribution in [3.05, 3.63) is 24.1 Å². The van der Waals surface area contributed by atoms with Crippen molar-refractivity contribution in [3.63, 3.8) is 0 Å². The van der Waals surface area contributed by atoms with E-state index >= 15 is 0 Å². The van der Waals surface area contributed by atoms with E-state index in [9.17, 15) is 4.79 Å². The average Bonchev–Trinajstić information content (AvgIpc) is 3.24. The first kappa shape index (κ1) is 16.7. The van der Waals surface area contributed by atoms with Crippen LogP contribution in [-0.4, -0.2) is 37.7 Å². The van der Waals surface area contributed by atoms with Crippen molar-refractivity contribution in [1.29, 1.82) is 0 Å². The average molecular weight is 326 g/mol. The Bertz CT molecular complexity index is 640. The van der Waals surface area contributed by atoms with Crippen LogP contribution in [0.15, 0.2) is 22.6 Å². The summed E-state index contributed by atoms with van der Waals surface area (Å²) in [4.78, 5) is 16.3. The Kier molecular flexibility index (Phi) is 5.76. The first-order valence-corrected chi connectivity index (χ1v) is 7.16. The third kappa shape index (κ3) is 4.19. The lowest BCUT2D eigenvalue weighted by molar-refractivity contribution is -0.115. The minimum absolute atomic E-state index is 0. The predicted molar refractivity (Wildman–Crippen MR) is 86.6 cm³/mol. The first-order chi connectivity index (χ1) is 10.3. The highest BCUT2D eigenvalue weighted by Gasteiger charge is 2.28. The molecular formula is C15H20ClN3O3. The van der Waals surface area contributed by atoms with E-state index < -0.39 is 0 Å². The van der Waals surface area contributed by atoms with Crippen molar-refractivity contribution in [1.82, 2.24) is 10.3 Å². The lowest BCUT2D eigenvalue weighted by Crippen LogP contribution is -2.30. The van der Waals surface area contributed by atoms with Gasteiger partial charge in [0, 0.05) is 25.3 Å². The van der Waals surface area contributed by atoms with Gasteiger partial charge in [0.2, 0.25) is 5.91 Å². The second-order valence-electron chi connectivity index (χ2n) is 5.23. The smallest absolute Gasteiger partial charge is 0.238 e. The van der Waals surface area contributed by atoms with Crippen molar-refractivity contribution in [2.24, 2.45) is 0 Å². The first-order valence-electron chi connectivity index (χ1n) is 7.16. The molecule has 1 fully saturated rings. The molecule has 2 aromatic rings. The molecule has 1 aliphatic carbocycles. The standard InChI is InChI=1S/C15H19N3O3.ClH/c1-20-7-6-16-9-14(19)17-11-4-5-13-12(8-11)18-15(21-13)10-2-3-10;/h4-5,8,10,16H,2-3,6-7,9H2,1H3,(H,17,19);1H. The Labute approximate surface area is 135 Å². The summed E-state index contributed by atoms with van der Waals surface area (Å²) in [6.45, 7) is 1.49. The fraction of sp³-hybridized carbons (Fsp3) is 0.467. The third-order valence-corrected chi connectivity index (χ3v) is 3.38. The van der Waals surface area contributed by atoms with Gasteiger partial charge in [0.1, 0.15) is 5.52 Å². The Morgan fingerprint density at radius 1 is 1.45 bits per heavy atom. The van der Waals surface area contributed by atoms with Gasteiger partial charge in [-0.2, -0.15) is 0 Å². The summed E-state index contributed by atoms with van der Waals surface area (Å²) < 4.78 is 10.6. The number of methoxy groups -OCH3 is 1. The number of oxazole rings is 1. The van der Waals surface area contributed by atoms with Crippen molar-refractivity contribution in [2.45, 2.75) is 18.8 Å². The molecule has 1 saturated carbocycles. The second-order valence-corrected chi connectivity index (χ2v) is 5.23. The minimum Gasteiger partial charge on any atom is -0.440 e. The molecule has 0 unspecified atom stereocenters. The molecule has 6 nitrogen and oxygen atoms in total. The van der Waals surface area contributed by atoms with E-state index in [1.54, 1.807) is 7.11 Å². The van der Waals surface area contributed by atoms with E-state index in [0.717, 1.165) is 35.5 Å². The number of nitrogens with one attached hydrogen (secondary N) is 2. The third-order valence-electron chi connectivity index (χ3n) is 3.38. The molecule has 1 aliphatic rings. The largest absolute Gasteiger partial charge is 0.440 e. The molecule has 0 aliphatic heterocycles. The topological polar surface area (TPSA) is 76.4 Å². The Hall–Kier alpha value is -1.63. The zero-order valence-corrected chi connectivity index (χ0v) is 13.2. The molecule has 0 bridgehead atoms. The predicted octanol–water partition coefficient (Wildman–Crippen LogP) is 2.30. The van der Waals surface area contributed by atoms with Crippen LogP contribution in [0, 0.1) is 0 Å². The van der Waals surface area contributed by atoms with Gasteiger partial charge in [-0.25, -0.2) is 4.98 Å². The quantitative estimate of drug-likeness (QED) is 0.764. The van der Waals surface area contributed by atoms with E-state index in [4.69, 9.17) is 9.15 Å². The molecule has 0 radical (unpaired) electrons. The summed E-state index contributed by atoms with van der Waals surface area (Å²) in [7, 11) is 1.63. The number of hydrogen-bond acceptors (Lipinski definition) is 5. The maximum absolute atomic E-state index is 11.8. The summed E-state index contributed by atoms with van der Waals surface area (Å²) in [6.07, 6.45) is 2.31. The van der Waals surface area contributed by atoms with Gasteiger partial charge in [0.25, 0.3) is 0 Å². The van der Waals surface area contributed by atoms with Crippen LogP contribution in [0.3, 0.4) is 0 Å². The lowest BCUT2D eigenvalue weighted by atomic mass is 10.3. The van der Waals surface area contributed by atoms with Gasteiger partial charge in [0.05, 0.1) is 13.2 Å². The van der Waals surface area contributed by atoms with Gasteiger partial charge in [-0.3, -0.25) is 4.79 Å². The van der Waals surface area contributed by atoms with Crippen molar-refractivity contribution in [2.75, 3.05) is 32.1 Å². The highest BCUT2D eigenvalue weighted by Crippen LogP contribution is 2.40. The second kappa shape index (κ2) is 7.58. The molecule has 0 saturated heterocycles. The number of fused-ring (bicyclic) bond motifs is 1. The molecule has 120 valence electrons. The molecule has 3 rings (SSSR count). The van der Waals surface area contributed by atoms with Gasteiger partial charge in [-0.1, -0.05) is 0 Å². The van der Waals surface area contributed by atoms with Crippen LogP contribution in [0.5, 0.6) is 0 Å². The molecule has 1 heterocycles. The Morgan fingerprint density at radius 2 is 2.27 bits per heavy atom. The summed E-state index contributed by atoms with van der Waals surface area (Å²) in [5, 5.41) is 5.84. The molecule has 0 spiro atoms. The van der Waals surface area contributed by atoms with Crippen LogP contribution in [-0.2, 0) is 9.53 Å². The van der Waals surface area contributed by atoms with Gasteiger partial charge in [-0.05, 0) is 31.0 Å². The number of aromatic nitrogens is 1. The molecule has 7 heteroatoms. The number of nitrogens with zero attached hydrogens (tertiary/aromatic N) is 1. The highest BCUT2D eigenvalue weighted by atomic mass is 35.5. The fourth-order valence-electron chi connectivity index (χ4n) is 2.11. The summed E-state index contributed by atoms with van der Waals surface area (Å²) >= 11 is 0. The monoisotopic (exact) mass is 325 g/mol. The molecule has 1 aromatic carbocycles. The van der Waals surface area contributed by atoms with E-state index in [2.05, 4.69) is 15.6 Å². The highest BCUT2D eigenvalue weighted by molar-refractivity contribution is 5.94. The van der Waals surface area contributed by atoms with Crippen LogP contribution in [0.4, 0.5) is 5.69 Å². The molecule has 22 heavy (non-hydrogen) atoms. The maximum Gasteiger partial charge on any atom is 0.238 e. The van der Waals surface area contributed by atoms with Crippen LogP contribution in [0.1, 0.15) is 24.7 Å². The summed E-state index contributed by atoms with van der Waals surface area (Å²) in [5.74, 6) is 1.21. The van der Waals surface area contributed by atoms with Gasteiger partial charge >= 0.3 is 0 Å². The van der Waals surface area contributed by atoms with Gasteiger partial charge < -0.3 is 19.8 Å². The zero-order valence-electron chi connectivity index (χ0n) is 12.4. The van der Waals surface area contributed by atoms with Gasteiger partial charge in [-0.15, -0.1) is 12.4 Å². The molecule has 2 N–H and O–H groups in total. The van der Waals surface area contributed by atoms with E-state index in [1.807, 2.05) is 18.2 Å². The fourth-order valence-corrected chi connectivity index (χ4v) is 2.11. The molecule has 1 aromatic heterocycles. The number of halogens is 1. The van der Waals surface area contributed by atoms with Crippen molar-refractivity contribution in [3.8, 4) is 0 Å². The maximum atomic E-state index is 11.8.